The molecule has 5 atom stereocenters. The Kier molecular flexibility index (Phi) is 70.6. The van der Waals surface area contributed by atoms with Crippen molar-refractivity contribution in [1.82, 2.24) is 0 Å². The lowest BCUT2D eigenvalue weighted by Gasteiger charge is -2.21. The standard InChI is InChI=1S/C79H154O17P2/c1-6-9-12-15-18-21-24-27-29-30-31-32-33-34-36-38-41-44-49-55-60-65-79(84)95-74(68-89-76(81)62-57-52-47-42-40-37-35-28-25-22-19-16-13-10-7-2)70-93-97(85,86)91-66-73(80)67-92-98(87,88)94-71-75(69-90-77(82)63-58-53-50-45-46-51-56-61-72(4)5)96-78(83)64-59-54-48-43-39-26-23-20-17-14-11-8-3/h72-75,80H,6-71H2,1-5H3,(H,85,86)(H,87,88)/t73-,74-,75-/m1/s1. The number of unbranched alkanes of at least 4 members (excludes halogenated alkanes) is 51. The summed E-state index contributed by atoms with van der Waals surface area (Å²) < 4.78 is 68.6. The van der Waals surface area contributed by atoms with Crippen LogP contribution in [0.2, 0.25) is 0 Å². The zero-order valence-electron chi connectivity index (χ0n) is 63.9. The molecule has 0 saturated carbocycles. The molecule has 0 aromatic carbocycles. The lowest BCUT2D eigenvalue weighted by molar-refractivity contribution is -0.161. The summed E-state index contributed by atoms with van der Waals surface area (Å²) >= 11 is 0. The summed E-state index contributed by atoms with van der Waals surface area (Å²) in [6.45, 7) is 7.26. The number of carbonyl (C=O) groups is 4. The van der Waals surface area contributed by atoms with Crippen LogP contribution in [0.5, 0.6) is 0 Å². The van der Waals surface area contributed by atoms with Crippen molar-refractivity contribution in [3.05, 3.63) is 0 Å². The Balaban J connectivity index is 5.21. The molecule has 0 heterocycles. The van der Waals surface area contributed by atoms with E-state index >= 15 is 0 Å². The molecule has 0 rings (SSSR count). The predicted octanol–water partition coefficient (Wildman–Crippen LogP) is 23.6. The van der Waals surface area contributed by atoms with Gasteiger partial charge in [-0.15, -0.1) is 0 Å². The van der Waals surface area contributed by atoms with Gasteiger partial charge in [0.25, 0.3) is 0 Å². The molecule has 0 aliphatic carbocycles. The van der Waals surface area contributed by atoms with E-state index in [1.807, 2.05) is 0 Å². The van der Waals surface area contributed by atoms with Gasteiger partial charge in [0.1, 0.15) is 19.3 Å². The summed E-state index contributed by atoms with van der Waals surface area (Å²) in [4.78, 5) is 72.9. The molecule has 0 spiro atoms. The molecular weight excluding hydrogens is 1280 g/mol. The van der Waals surface area contributed by atoms with Gasteiger partial charge in [-0.25, -0.2) is 9.13 Å². The SMILES string of the molecule is CCCCCCCCCCCCCCCCCCCCCCCC(=O)O[C@H](COC(=O)CCCCCCCCCCCCCCCCC)COP(=O)(O)OC[C@@H](O)COP(=O)(O)OC[C@@H](COC(=O)CCCCCCCCCC(C)C)OC(=O)CCCCCCCCCCCCCC. The van der Waals surface area contributed by atoms with Crippen LogP contribution in [0.25, 0.3) is 0 Å². The number of carbonyl (C=O) groups excluding carboxylic acids is 4. The summed E-state index contributed by atoms with van der Waals surface area (Å²) in [6, 6.07) is 0. The first-order chi connectivity index (χ1) is 47.5. The van der Waals surface area contributed by atoms with Crippen molar-refractivity contribution < 1.29 is 80.2 Å². The topological polar surface area (TPSA) is 237 Å². The molecule has 0 saturated heterocycles. The summed E-state index contributed by atoms with van der Waals surface area (Å²) in [6.07, 6.45) is 62.6. The third-order valence-corrected chi connectivity index (χ3v) is 20.4. The van der Waals surface area contributed by atoms with E-state index in [0.717, 1.165) is 96.3 Å². The van der Waals surface area contributed by atoms with Crippen LogP contribution >= 0.6 is 15.6 Å². The second-order valence-corrected chi connectivity index (χ2v) is 31.8. The highest BCUT2D eigenvalue weighted by molar-refractivity contribution is 7.47. The number of rotatable bonds is 79. The lowest BCUT2D eigenvalue weighted by Crippen LogP contribution is -2.30. The molecule has 582 valence electrons. The van der Waals surface area contributed by atoms with Gasteiger partial charge in [0.2, 0.25) is 0 Å². The van der Waals surface area contributed by atoms with Crippen molar-refractivity contribution in [2.75, 3.05) is 39.6 Å². The Hall–Kier alpha value is -1.94. The maximum absolute atomic E-state index is 13.1. The van der Waals surface area contributed by atoms with E-state index in [4.69, 9.17) is 37.0 Å². The second-order valence-electron chi connectivity index (χ2n) is 28.9. The molecular formula is C79H154O17P2. The Morgan fingerprint density at radius 3 is 0.694 bits per heavy atom. The number of hydrogen-bond donors (Lipinski definition) is 3. The molecule has 0 bridgehead atoms. The first-order valence-electron chi connectivity index (χ1n) is 41.1. The van der Waals surface area contributed by atoms with E-state index in [9.17, 15) is 43.2 Å². The van der Waals surface area contributed by atoms with Gasteiger partial charge in [0.15, 0.2) is 12.2 Å². The van der Waals surface area contributed by atoms with E-state index in [0.29, 0.717) is 31.6 Å². The van der Waals surface area contributed by atoms with Crippen molar-refractivity contribution in [1.29, 1.82) is 0 Å². The van der Waals surface area contributed by atoms with Gasteiger partial charge in [-0.3, -0.25) is 37.3 Å². The predicted molar refractivity (Wildman–Crippen MR) is 400 cm³/mol. The monoisotopic (exact) mass is 1440 g/mol. The maximum atomic E-state index is 13.1. The van der Waals surface area contributed by atoms with Crippen LogP contribution in [0.1, 0.15) is 420 Å². The number of ether oxygens (including phenoxy) is 4. The molecule has 0 amide bonds. The molecule has 0 aliphatic rings. The minimum Gasteiger partial charge on any atom is -0.462 e. The van der Waals surface area contributed by atoms with Crippen molar-refractivity contribution in [3.63, 3.8) is 0 Å². The van der Waals surface area contributed by atoms with E-state index in [2.05, 4.69) is 34.6 Å². The largest absolute Gasteiger partial charge is 0.472 e. The fourth-order valence-corrected chi connectivity index (χ4v) is 13.8. The van der Waals surface area contributed by atoms with Gasteiger partial charge in [0, 0.05) is 25.7 Å². The Bertz CT molecular complexity index is 1870. The molecule has 98 heavy (non-hydrogen) atoms. The first-order valence-corrected chi connectivity index (χ1v) is 44.1. The highest BCUT2D eigenvalue weighted by Gasteiger charge is 2.30. The fraction of sp³-hybridized carbons (Fsp3) is 0.949. The van der Waals surface area contributed by atoms with Gasteiger partial charge in [-0.05, 0) is 31.6 Å². The fourth-order valence-electron chi connectivity index (χ4n) is 12.2. The molecule has 17 nitrogen and oxygen atoms in total. The maximum Gasteiger partial charge on any atom is 0.472 e. The first kappa shape index (κ1) is 96.1. The Labute approximate surface area is 600 Å². The van der Waals surface area contributed by atoms with Crippen LogP contribution in [-0.2, 0) is 65.4 Å². The van der Waals surface area contributed by atoms with Gasteiger partial charge >= 0.3 is 39.5 Å². The third kappa shape index (κ3) is 72.4. The number of aliphatic hydroxyl groups excluding tert-OH is 1. The summed E-state index contributed by atoms with van der Waals surface area (Å²) in [5.74, 6) is -1.40. The molecule has 0 aromatic heterocycles. The molecule has 3 N–H and O–H groups in total. The summed E-state index contributed by atoms with van der Waals surface area (Å²) in [5, 5.41) is 10.6. The number of hydrogen-bond acceptors (Lipinski definition) is 15. The number of phosphoric acid groups is 2. The summed E-state index contributed by atoms with van der Waals surface area (Å²) in [5.41, 5.74) is 0. The molecule has 2 unspecified atom stereocenters. The van der Waals surface area contributed by atoms with E-state index in [1.165, 1.54) is 238 Å². The third-order valence-electron chi connectivity index (χ3n) is 18.5. The highest BCUT2D eigenvalue weighted by atomic mass is 31.2. The van der Waals surface area contributed by atoms with Crippen molar-refractivity contribution in [2.45, 2.75) is 438 Å². The van der Waals surface area contributed by atoms with Crippen LogP contribution < -0.4 is 0 Å². The van der Waals surface area contributed by atoms with Gasteiger partial charge < -0.3 is 33.8 Å². The van der Waals surface area contributed by atoms with Gasteiger partial charge in [0.05, 0.1) is 26.4 Å². The van der Waals surface area contributed by atoms with E-state index in [1.54, 1.807) is 0 Å². The van der Waals surface area contributed by atoms with Crippen LogP contribution in [0.4, 0.5) is 0 Å². The average Bonchev–Trinajstić information content (AvgIpc) is 1.09. The molecule has 0 aliphatic heterocycles. The quantitative estimate of drug-likeness (QED) is 0.0222. The van der Waals surface area contributed by atoms with Crippen LogP contribution in [0.15, 0.2) is 0 Å². The Morgan fingerprint density at radius 2 is 0.469 bits per heavy atom. The normalized spacial score (nSPS) is 13.9. The van der Waals surface area contributed by atoms with E-state index in [-0.39, 0.29) is 25.7 Å². The zero-order valence-corrected chi connectivity index (χ0v) is 65.7. The number of phosphoric ester groups is 2. The highest BCUT2D eigenvalue weighted by Crippen LogP contribution is 2.45. The van der Waals surface area contributed by atoms with Crippen LogP contribution in [-0.4, -0.2) is 96.7 Å². The van der Waals surface area contributed by atoms with Gasteiger partial charge in [-0.2, -0.15) is 0 Å². The molecule has 0 aromatic rings. The summed E-state index contributed by atoms with van der Waals surface area (Å²) in [7, 11) is -9.91. The lowest BCUT2D eigenvalue weighted by atomic mass is 10.0. The van der Waals surface area contributed by atoms with Crippen molar-refractivity contribution in [2.24, 2.45) is 5.92 Å². The minimum atomic E-state index is -4.96. The van der Waals surface area contributed by atoms with Crippen LogP contribution in [0, 0.1) is 5.92 Å². The number of esters is 4. The molecule has 0 fully saturated rings. The number of aliphatic hydroxyl groups is 1. The van der Waals surface area contributed by atoms with Crippen molar-refractivity contribution in [3.8, 4) is 0 Å². The average molecular weight is 1440 g/mol. The van der Waals surface area contributed by atoms with Crippen molar-refractivity contribution >= 4 is 39.5 Å². The molecule has 19 heteroatoms. The second kappa shape index (κ2) is 72.0. The van der Waals surface area contributed by atoms with Crippen LogP contribution in [0.3, 0.4) is 0 Å². The van der Waals surface area contributed by atoms with Gasteiger partial charge in [-0.1, -0.05) is 369 Å². The minimum absolute atomic E-state index is 0.107. The smallest absolute Gasteiger partial charge is 0.462 e. The van der Waals surface area contributed by atoms with E-state index < -0.39 is 97.5 Å². The Morgan fingerprint density at radius 1 is 0.276 bits per heavy atom. The molecule has 0 radical (unpaired) electrons. The zero-order chi connectivity index (χ0) is 71.9.